The fourth-order valence-corrected chi connectivity index (χ4v) is 3.73. The molecule has 0 nitrogen and oxygen atoms in total. The van der Waals surface area contributed by atoms with Crippen molar-refractivity contribution in [2.24, 2.45) is 5.92 Å². The van der Waals surface area contributed by atoms with Gasteiger partial charge in [-0.25, -0.2) is 0 Å². The van der Waals surface area contributed by atoms with E-state index in [1.54, 1.807) is 0 Å². The van der Waals surface area contributed by atoms with E-state index in [1.165, 1.54) is 22.3 Å². The summed E-state index contributed by atoms with van der Waals surface area (Å²) in [5.41, 5.74) is 5.85. The smallest absolute Gasteiger partial charge is 0.0240 e. The third kappa shape index (κ3) is 1.61. The Hall–Kier alpha value is -1.82. The second-order valence-corrected chi connectivity index (χ2v) is 6.12. The summed E-state index contributed by atoms with van der Waals surface area (Å²) < 4.78 is 0. The van der Waals surface area contributed by atoms with E-state index in [0.717, 1.165) is 0 Å². The lowest BCUT2D eigenvalue weighted by Gasteiger charge is -2.43. The molecule has 0 aromatic heterocycles. The molecule has 0 radical (unpaired) electrons. The number of rotatable bonds is 2. The molecule has 2 aromatic carbocycles. The van der Waals surface area contributed by atoms with Crippen molar-refractivity contribution < 1.29 is 0 Å². The number of hydrogen-bond acceptors (Lipinski definition) is 0. The second-order valence-electron chi connectivity index (χ2n) is 6.12. The maximum Gasteiger partial charge on any atom is 0.0240 e. The molecular weight excluding hydrogens is 240 g/mol. The molecular formula is C20H22. The predicted octanol–water partition coefficient (Wildman–Crippen LogP) is 5.28. The first-order valence-electron chi connectivity index (χ1n) is 7.42. The van der Waals surface area contributed by atoms with Crippen LogP contribution in [0.2, 0.25) is 0 Å². The average molecular weight is 262 g/mol. The topological polar surface area (TPSA) is 0 Å². The van der Waals surface area contributed by atoms with Crippen LogP contribution in [0.15, 0.2) is 61.2 Å². The van der Waals surface area contributed by atoms with E-state index in [2.05, 4.69) is 82.0 Å². The van der Waals surface area contributed by atoms with Crippen LogP contribution in [-0.2, 0) is 5.41 Å². The highest BCUT2D eigenvalue weighted by Crippen LogP contribution is 2.50. The summed E-state index contributed by atoms with van der Waals surface area (Å²) >= 11 is 0. The van der Waals surface area contributed by atoms with E-state index in [4.69, 9.17) is 0 Å². The number of benzene rings is 2. The van der Waals surface area contributed by atoms with Crippen molar-refractivity contribution in [1.29, 1.82) is 0 Å². The summed E-state index contributed by atoms with van der Waals surface area (Å²) in [5.74, 6) is 0.866. The van der Waals surface area contributed by atoms with Crippen molar-refractivity contribution in [3.05, 3.63) is 83.4 Å². The Morgan fingerprint density at radius 1 is 1.00 bits per heavy atom. The van der Waals surface area contributed by atoms with Gasteiger partial charge in [-0.2, -0.15) is 0 Å². The Kier molecular flexibility index (Phi) is 3.05. The van der Waals surface area contributed by atoms with Crippen LogP contribution in [0.5, 0.6) is 0 Å². The van der Waals surface area contributed by atoms with Gasteiger partial charge in [0.25, 0.3) is 0 Å². The highest BCUT2D eigenvalue weighted by atomic mass is 14.4. The standard InChI is InChI=1S/C20H22/c1-5-14(2)20(4)18-12-8-6-10-16(18)15(3)17-11-7-9-13-19(17)20/h5-15H,1H2,2-4H3. The van der Waals surface area contributed by atoms with Crippen molar-refractivity contribution >= 4 is 0 Å². The minimum atomic E-state index is 0.0153. The Labute approximate surface area is 122 Å². The van der Waals surface area contributed by atoms with Crippen molar-refractivity contribution in [3.8, 4) is 0 Å². The summed E-state index contributed by atoms with van der Waals surface area (Å²) in [4.78, 5) is 0. The summed E-state index contributed by atoms with van der Waals surface area (Å²) in [7, 11) is 0. The lowest BCUT2D eigenvalue weighted by atomic mass is 9.60. The van der Waals surface area contributed by atoms with Crippen LogP contribution in [-0.4, -0.2) is 0 Å². The lowest BCUT2D eigenvalue weighted by molar-refractivity contribution is 0.426. The van der Waals surface area contributed by atoms with E-state index >= 15 is 0 Å². The molecule has 0 amide bonds. The van der Waals surface area contributed by atoms with Gasteiger partial charge in [0.15, 0.2) is 0 Å². The van der Waals surface area contributed by atoms with Crippen molar-refractivity contribution in [2.75, 3.05) is 0 Å². The number of allylic oxidation sites excluding steroid dienone is 1. The van der Waals surface area contributed by atoms with E-state index in [9.17, 15) is 0 Å². The highest BCUT2D eigenvalue weighted by Gasteiger charge is 2.41. The SMILES string of the molecule is C=CC(C)C1(C)c2ccccc2C(C)c2ccccc21. The molecule has 0 bridgehead atoms. The summed E-state index contributed by atoms with van der Waals surface area (Å²) in [6, 6.07) is 17.8. The minimum Gasteiger partial charge on any atom is -0.103 e. The average Bonchev–Trinajstić information content (AvgIpc) is 2.52. The molecule has 0 heteroatoms. The van der Waals surface area contributed by atoms with Gasteiger partial charge in [-0.1, -0.05) is 75.4 Å². The molecule has 1 unspecified atom stereocenters. The zero-order valence-electron chi connectivity index (χ0n) is 12.6. The first-order valence-corrected chi connectivity index (χ1v) is 7.42. The first-order chi connectivity index (χ1) is 9.60. The van der Waals surface area contributed by atoms with Crippen LogP contribution < -0.4 is 0 Å². The van der Waals surface area contributed by atoms with Gasteiger partial charge >= 0.3 is 0 Å². The quantitative estimate of drug-likeness (QED) is 0.646. The Balaban J connectivity index is 2.36. The fraction of sp³-hybridized carbons (Fsp3) is 0.300. The fourth-order valence-electron chi connectivity index (χ4n) is 3.73. The molecule has 0 spiro atoms. The van der Waals surface area contributed by atoms with Crippen LogP contribution in [0.3, 0.4) is 0 Å². The molecule has 2 aromatic rings. The molecule has 3 rings (SSSR count). The molecule has 0 saturated heterocycles. The van der Waals surface area contributed by atoms with Gasteiger partial charge in [0.05, 0.1) is 0 Å². The highest BCUT2D eigenvalue weighted by molar-refractivity contribution is 5.56. The van der Waals surface area contributed by atoms with Crippen molar-refractivity contribution in [2.45, 2.75) is 32.1 Å². The summed E-state index contributed by atoms with van der Waals surface area (Å²) in [6.45, 7) is 11.0. The maximum atomic E-state index is 4.05. The van der Waals surface area contributed by atoms with Gasteiger partial charge in [-0.15, -0.1) is 6.58 Å². The molecule has 0 aliphatic heterocycles. The zero-order chi connectivity index (χ0) is 14.3. The van der Waals surface area contributed by atoms with Gasteiger partial charge in [0.2, 0.25) is 0 Å². The Morgan fingerprint density at radius 2 is 1.45 bits per heavy atom. The number of fused-ring (bicyclic) bond motifs is 2. The Bertz CT molecular complexity index is 603. The molecule has 0 fully saturated rings. The third-order valence-corrected chi connectivity index (χ3v) is 5.24. The molecule has 0 saturated carbocycles. The molecule has 102 valence electrons. The van der Waals surface area contributed by atoms with Crippen LogP contribution in [0.4, 0.5) is 0 Å². The molecule has 20 heavy (non-hydrogen) atoms. The Morgan fingerprint density at radius 3 is 1.90 bits per heavy atom. The van der Waals surface area contributed by atoms with Gasteiger partial charge in [0.1, 0.15) is 0 Å². The van der Waals surface area contributed by atoms with Crippen LogP contribution >= 0.6 is 0 Å². The van der Waals surface area contributed by atoms with E-state index in [-0.39, 0.29) is 5.41 Å². The largest absolute Gasteiger partial charge is 0.103 e. The third-order valence-electron chi connectivity index (χ3n) is 5.24. The second kappa shape index (κ2) is 4.63. The van der Waals surface area contributed by atoms with E-state index in [1.807, 2.05) is 0 Å². The van der Waals surface area contributed by atoms with Gasteiger partial charge in [0, 0.05) is 11.3 Å². The van der Waals surface area contributed by atoms with E-state index in [0.29, 0.717) is 11.8 Å². The van der Waals surface area contributed by atoms with Gasteiger partial charge in [-0.3, -0.25) is 0 Å². The van der Waals surface area contributed by atoms with Crippen LogP contribution in [0.25, 0.3) is 0 Å². The van der Waals surface area contributed by atoms with Crippen molar-refractivity contribution in [3.63, 3.8) is 0 Å². The molecule has 0 heterocycles. The van der Waals surface area contributed by atoms with Crippen LogP contribution in [0.1, 0.15) is 48.9 Å². The number of hydrogen-bond donors (Lipinski definition) is 0. The lowest BCUT2D eigenvalue weighted by Crippen LogP contribution is -2.36. The minimum absolute atomic E-state index is 0.0153. The normalized spacial score (nSPS) is 25.4. The predicted molar refractivity (Wildman–Crippen MR) is 86.2 cm³/mol. The molecule has 1 aliphatic rings. The molecule has 1 atom stereocenters. The van der Waals surface area contributed by atoms with Crippen LogP contribution in [0, 0.1) is 5.92 Å². The summed E-state index contributed by atoms with van der Waals surface area (Å²) in [5, 5.41) is 0. The maximum absolute atomic E-state index is 4.05. The van der Waals surface area contributed by atoms with Gasteiger partial charge < -0.3 is 0 Å². The van der Waals surface area contributed by atoms with Gasteiger partial charge in [-0.05, 0) is 28.2 Å². The molecule has 0 N–H and O–H groups in total. The van der Waals surface area contributed by atoms with Crippen molar-refractivity contribution in [1.82, 2.24) is 0 Å². The van der Waals surface area contributed by atoms with E-state index < -0.39 is 0 Å². The zero-order valence-corrected chi connectivity index (χ0v) is 12.6. The molecule has 1 aliphatic carbocycles. The first kappa shape index (κ1) is 13.2. The monoisotopic (exact) mass is 262 g/mol. The summed E-state index contributed by atoms with van der Waals surface area (Å²) in [6.07, 6.45) is 2.09.